The molecule has 0 aromatic heterocycles. The molecule has 1 atom stereocenters. The number of nitrogens with two attached hydrogens (primary N) is 1. The Morgan fingerprint density at radius 3 is 2.31 bits per heavy atom. The minimum atomic E-state index is -0.472. The van der Waals surface area contributed by atoms with Crippen molar-refractivity contribution in [2.75, 3.05) is 13.2 Å². The molecule has 94 valence electrons. The van der Waals surface area contributed by atoms with Crippen LogP contribution in [0.25, 0.3) is 0 Å². The van der Waals surface area contributed by atoms with Gasteiger partial charge in [0, 0.05) is 6.54 Å². The maximum Gasteiger partial charge on any atom is 0.313 e. The highest BCUT2D eigenvalue weighted by Crippen LogP contribution is 2.37. The molecule has 0 aliphatic heterocycles. The molecule has 3 heteroatoms. The maximum atomic E-state index is 12.0. The van der Waals surface area contributed by atoms with Gasteiger partial charge in [0.25, 0.3) is 0 Å². The first-order valence-corrected chi connectivity index (χ1v) is 6.52. The summed E-state index contributed by atoms with van der Waals surface area (Å²) in [6, 6.07) is 0. The van der Waals surface area contributed by atoms with Gasteiger partial charge in [0.15, 0.2) is 0 Å². The van der Waals surface area contributed by atoms with Gasteiger partial charge in [0.05, 0.1) is 12.0 Å². The van der Waals surface area contributed by atoms with Crippen molar-refractivity contribution in [1.82, 2.24) is 0 Å². The zero-order chi connectivity index (χ0) is 12.0. The molecule has 1 rings (SSSR count). The molecular formula is C13H25NO2. The smallest absolute Gasteiger partial charge is 0.313 e. The number of hydrogen-bond acceptors (Lipinski definition) is 3. The van der Waals surface area contributed by atoms with Crippen molar-refractivity contribution in [3.8, 4) is 0 Å². The Bertz CT molecular complexity index is 222. The Balaban J connectivity index is 2.71. The van der Waals surface area contributed by atoms with E-state index in [1.807, 2.05) is 13.8 Å². The number of carbonyl (C=O) groups excluding carboxylic acids is 1. The zero-order valence-electron chi connectivity index (χ0n) is 10.6. The molecule has 0 amide bonds. The molecule has 0 radical (unpaired) electrons. The predicted molar refractivity (Wildman–Crippen MR) is 65.0 cm³/mol. The van der Waals surface area contributed by atoms with Crippen molar-refractivity contribution in [3.05, 3.63) is 0 Å². The van der Waals surface area contributed by atoms with Crippen molar-refractivity contribution < 1.29 is 9.53 Å². The van der Waals surface area contributed by atoms with Gasteiger partial charge in [-0.25, -0.2) is 0 Å². The molecule has 0 aromatic carbocycles. The van der Waals surface area contributed by atoms with Crippen molar-refractivity contribution >= 4 is 5.97 Å². The fraction of sp³-hybridized carbons (Fsp3) is 0.923. The van der Waals surface area contributed by atoms with E-state index in [-0.39, 0.29) is 5.97 Å². The van der Waals surface area contributed by atoms with Crippen LogP contribution in [0.5, 0.6) is 0 Å². The molecular weight excluding hydrogens is 202 g/mol. The van der Waals surface area contributed by atoms with E-state index in [1.54, 1.807) is 0 Å². The van der Waals surface area contributed by atoms with E-state index in [1.165, 1.54) is 25.7 Å². The van der Waals surface area contributed by atoms with Crippen LogP contribution in [0, 0.1) is 11.3 Å². The SMILES string of the molecule is CCOC(=O)C(C)(CN)C1CCCCCC1. The predicted octanol–water partition coefficient (Wildman–Crippen LogP) is 2.48. The minimum Gasteiger partial charge on any atom is -0.466 e. The summed E-state index contributed by atoms with van der Waals surface area (Å²) in [6.45, 7) is 4.67. The second-order valence-corrected chi connectivity index (χ2v) is 5.03. The molecule has 1 aliphatic rings. The highest BCUT2D eigenvalue weighted by molar-refractivity contribution is 5.77. The van der Waals surface area contributed by atoms with E-state index in [9.17, 15) is 4.79 Å². The minimum absolute atomic E-state index is 0.107. The normalized spacial score (nSPS) is 22.2. The Kier molecular flexibility index (Phi) is 5.26. The largest absolute Gasteiger partial charge is 0.466 e. The first-order chi connectivity index (χ1) is 7.65. The highest BCUT2D eigenvalue weighted by Gasteiger charge is 2.41. The summed E-state index contributed by atoms with van der Waals surface area (Å²) < 4.78 is 5.17. The second kappa shape index (κ2) is 6.24. The summed E-state index contributed by atoms with van der Waals surface area (Å²) in [4.78, 5) is 12.0. The lowest BCUT2D eigenvalue weighted by atomic mass is 9.73. The van der Waals surface area contributed by atoms with Crippen LogP contribution in [0.15, 0.2) is 0 Å². The number of ether oxygens (including phenoxy) is 1. The second-order valence-electron chi connectivity index (χ2n) is 5.03. The van der Waals surface area contributed by atoms with Gasteiger partial charge in [-0.3, -0.25) is 4.79 Å². The van der Waals surface area contributed by atoms with E-state index in [2.05, 4.69) is 0 Å². The maximum absolute atomic E-state index is 12.0. The molecule has 1 fully saturated rings. The standard InChI is InChI=1S/C13H25NO2/c1-3-16-12(15)13(2,10-14)11-8-6-4-5-7-9-11/h11H,3-10,14H2,1-2H3. The van der Waals surface area contributed by atoms with Crippen LogP contribution in [-0.2, 0) is 9.53 Å². The Labute approximate surface area is 98.7 Å². The molecule has 0 spiro atoms. The van der Waals surface area contributed by atoms with Crippen LogP contribution in [0.4, 0.5) is 0 Å². The van der Waals surface area contributed by atoms with Crippen molar-refractivity contribution in [3.63, 3.8) is 0 Å². The van der Waals surface area contributed by atoms with Crippen LogP contribution in [0.3, 0.4) is 0 Å². The molecule has 0 saturated heterocycles. The Morgan fingerprint density at radius 2 is 1.88 bits per heavy atom. The molecule has 0 heterocycles. The molecule has 3 nitrogen and oxygen atoms in total. The van der Waals surface area contributed by atoms with E-state index < -0.39 is 5.41 Å². The fourth-order valence-electron chi connectivity index (χ4n) is 2.63. The average Bonchev–Trinajstić information content (AvgIpc) is 2.57. The monoisotopic (exact) mass is 227 g/mol. The van der Waals surface area contributed by atoms with Gasteiger partial charge in [-0.1, -0.05) is 25.7 Å². The number of carbonyl (C=O) groups is 1. The number of hydrogen-bond donors (Lipinski definition) is 1. The third-order valence-electron chi connectivity index (χ3n) is 3.92. The first kappa shape index (κ1) is 13.5. The zero-order valence-corrected chi connectivity index (χ0v) is 10.6. The van der Waals surface area contributed by atoms with E-state index in [4.69, 9.17) is 10.5 Å². The topological polar surface area (TPSA) is 52.3 Å². The van der Waals surface area contributed by atoms with Crippen molar-refractivity contribution in [1.29, 1.82) is 0 Å². The molecule has 16 heavy (non-hydrogen) atoms. The van der Waals surface area contributed by atoms with Crippen LogP contribution >= 0.6 is 0 Å². The van der Waals surface area contributed by atoms with Gasteiger partial charge in [-0.15, -0.1) is 0 Å². The summed E-state index contributed by atoms with van der Waals surface area (Å²) in [7, 11) is 0. The van der Waals surface area contributed by atoms with Crippen LogP contribution in [0.1, 0.15) is 52.4 Å². The first-order valence-electron chi connectivity index (χ1n) is 6.52. The molecule has 1 aliphatic carbocycles. The summed E-state index contributed by atoms with van der Waals surface area (Å²) in [5.41, 5.74) is 5.35. The molecule has 1 unspecified atom stereocenters. The number of esters is 1. The van der Waals surface area contributed by atoms with Gasteiger partial charge >= 0.3 is 5.97 Å². The van der Waals surface area contributed by atoms with Crippen molar-refractivity contribution in [2.24, 2.45) is 17.1 Å². The Hall–Kier alpha value is -0.570. The quantitative estimate of drug-likeness (QED) is 0.593. The summed E-state index contributed by atoms with van der Waals surface area (Å²) >= 11 is 0. The number of rotatable bonds is 4. The fourth-order valence-corrected chi connectivity index (χ4v) is 2.63. The van der Waals surface area contributed by atoms with E-state index in [0.29, 0.717) is 19.1 Å². The molecule has 2 N–H and O–H groups in total. The lowest BCUT2D eigenvalue weighted by molar-refractivity contribution is -0.157. The lowest BCUT2D eigenvalue weighted by Crippen LogP contribution is -2.43. The van der Waals surface area contributed by atoms with E-state index in [0.717, 1.165) is 12.8 Å². The van der Waals surface area contributed by atoms with Crippen LogP contribution in [0.2, 0.25) is 0 Å². The lowest BCUT2D eigenvalue weighted by Gasteiger charge is -2.33. The highest BCUT2D eigenvalue weighted by atomic mass is 16.5. The Morgan fingerprint density at radius 1 is 1.31 bits per heavy atom. The van der Waals surface area contributed by atoms with Gasteiger partial charge in [0.1, 0.15) is 0 Å². The summed E-state index contributed by atoms with van der Waals surface area (Å²) in [6.07, 6.45) is 7.26. The third-order valence-corrected chi connectivity index (χ3v) is 3.92. The van der Waals surface area contributed by atoms with Crippen molar-refractivity contribution in [2.45, 2.75) is 52.4 Å². The summed E-state index contributed by atoms with van der Waals surface area (Å²) in [5.74, 6) is 0.295. The van der Waals surface area contributed by atoms with Crippen LogP contribution < -0.4 is 5.73 Å². The molecule has 0 bridgehead atoms. The average molecular weight is 227 g/mol. The van der Waals surface area contributed by atoms with Gasteiger partial charge < -0.3 is 10.5 Å². The van der Waals surface area contributed by atoms with Crippen LogP contribution in [-0.4, -0.2) is 19.1 Å². The third kappa shape index (κ3) is 2.97. The summed E-state index contributed by atoms with van der Waals surface area (Å²) in [5, 5.41) is 0. The molecule has 0 aromatic rings. The van der Waals surface area contributed by atoms with Gasteiger partial charge in [0.2, 0.25) is 0 Å². The van der Waals surface area contributed by atoms with Gasteiger partial charge in [-0.2, -0.15) is 0 Å². The molecule has 1 saturated carbocycles. The van der Waals surface area contributed by atoms with E-state index >= 15 is 0 Å². The van der Waals surface area contributed by atoms with Gasteiger partial charge in [-0.05, 0) is 32.6 Å².